The molecule has 0 radical (unpaired) electrons. The molecule has 3 nitrogen and oxygen atoms in total. The molecular formula is C15H15BrN2O. The van der Waals surface area contributed by atoms with E-state index in [1.54, 1.807) is 6.20 Å². The van der Waals surface area contributed by atoms with Crippen molar-refractivity contribution >= 4 is 21.8 Å². The van der Waals surface area contributed by atoms with E-state index in [0.29, 0.717) is 12.1 Å². The number of carbonyl (C=O) groups excluding carboxylic acids is 1. The summed E-state index contributed by atoms with van der Waals surface area (Å²) in [6.45, 7) is 2.55. The Balaban J connectivity index is 1.93. The molecule has 0 aliphatic rings. The van der Waals surface area contributed by atoms with Crippen LogP contribution < -0.4 is 5.32 Å². The van der Waals surface area contributed by atoms with Gasteiger partial charge in [0.2, 0.25) is 0 Å². The second kappa shape index (κ2) is 6.48. The number of amides is 1. The molecule has 0 fully saturated rings. The van der Waals surface area contributed by atoms with Crippen LogP contribution in [0.4, 0.5) is 0 Å². The number of carbonyl (C=O) groups is 1. The smallest absolute Gasteiger partial charge is 0.252 e. The summed E-state index contributed by atoms with van der Waals surface area (Å²) in [4.78, 5) is 16.3. The number of hydrogen-bond acceptors (Lipinski definition) is 2. The molecule has 0 saturated carbocycles. The predicted molar refractivity (Wildman–Crippen MR) is 79.2 cm³/mol. The molecule has 2 aromatic rings. The maximum Gasteiger partial charge on any atom is 0.252 e. The largest absolute Gasteiger partial charge is 0.352 e. The number of benzene rings is 1. The predicted octanol–water partition coefficient (Wildman–Crippen LogP) is 3.13. The van der Waals surface area contributed by atoms with Crippen LogP contribution in [0.2, 0.25) is 0 Å². The monoisotopic (exact) mass is 318 g/mol. The number of aromatic nitrogens is 1. The van der Waals surface area contributed by atoms with Crippen molar-refractivity contribution in [1.82, 2.24) is 10.3 Å². The fourth-order valence-corrected chi connectivity index (χ4v) is 2.21. The lowest BCUT2D eigenvalue weighted by atomic mass is 10.1. The first kappa shape index (κ1) is 13.7. The number of nitrogens with one attached hydrogen (secondary N) is 1. The van der Waals surface area contributed by atoms with E-state index in [1.807, 2.05) is 43.3 Å². The van der Waals surface area contributed by atoms with E-state index < -0.39 is 0 Å². The molecule has 0 atom stereocenters. The number of pyridine rings is 1. The third-order valence-corrected chi connectivity index (χ3v) is 3.88. The highest BCUT2D eigenvalue weighted by atomic mass is 79.9. The first-order valence-corrected chi connectivity index (χ1v) is 6.91. The second-order valence-corrected chi connectivity index (χ2v) is 5.06. The maximum absolute atomic E-state index is 12.0. The van der Waals surface area contributed by atoms with Crippen molar-refractivity contribution in [2.24, 2.45) is 0 Å². The van der Waals surface area contributed by atoms with E-state index in [4.69, 9.17) is 0 Å². The Morgan fingerprint density at radius 1 is 1.26 bits per heavy atom. The number of nitrogens with zero attached hydrogens (tertiary/aromatic N) is 1. The summed E-state index contributed by atoms with van der Waals surface area (Å²) in [7, 11) is 0. The van der Waals surface area contributed by atoms with Crippen LogP contribution in [0.3, 0.4) is 0 Å². The molecule has 0 aliphatic carbocycles. The van der Waals surface area contributed by atoms with Crippen molar-refractivity contribution in [1.29, 1.82) is 0 Å². The highest BCUT2D eigenvalue weighted by Crippen LogP contribution is 2.20. The van der Waals surface area contributed by atoms with Crippen molar-refractivity contribution in [3.05, 3.63) is 63.9 Å². The van der Waals surface area contributed by atoms with Gasteiger partial charge in [-0.3, -0.25) is 9.78 Å². The van der Waals surface area contributed by atoms with Gasteiger partial charge in [-0.25, -0.2) is 0 Å². The zero-order valence-electron chi connectivity index (χ0n) is 10.7. The van der Waals surface area contributed by atoms with Gasteiger partial charge in [0.25, 0.3) is 5.91 Å². The minimum atomic E-state index is -0.0634. The Morgan fingerprint density at radius 2 is 2.11 bits per heavy atom. The average Bonchev–Trinajstić information content (AvgIpc) is 2.43. The summed E-state index contributed by atoms with van der Waals surface area (Å²) in [5.74, 6) is -0.0634. The van der Waals surface area contributed by atoms with Gasteiger partial charge in [0.05, 0.1) is 5.56 Å². The highest BCUT2D eigenvalue weighted by molar-refractivity contribution is 9.10. The van der Waals surface area contributed by atoms with Crippen molar-refractivity contribution in [2.75, 3.05) is 6.54 Å². The molecule has 0 bridgehead atoms. The van der Waals surface area contributed by atoms with Crippen molar-refractivity contribution in [2.45, 2.75) is 13.3 Å². The van der Waals surface area contributed by atoms with Gasteiger partial charge in [0.15, 0.2) is 0 Å². The second-order valence-electron chi connectivity index (χ2n) is 4.26. The van der Waals surface area contributed by atoms with Crippen LogP contribution in [-0.4, -0.2) is 17.4 Å². The van der Waals surface area contributed by atoms with Crippen LogP contribution in [0, 0.1) is 6.92 Å². The lowest BCUT2D eigenvalue weighted by Gasteiger charge is -2.08. The minimum Gasteiger partial charge on any atom is -0.352 e. The van der Waals surface area contributed by atoms with Gasteiger partial charge in [-0.1, -0.05) is 18.2 Å². The summed E-state index contributed by atoms with van der Waals surface area (Å²) >= 11 is 3.44. The molecule has 1 amide bonds. The molecule has 2 rings (SSSR count). The van der Waals surface area contributed by atoms with Crippen LogP contribution in [0.15, 0.2) is 47.1 Å². The molecule has 1 aromatic heterocycles. The molecule has 0 aliphatic heterocycles. The first-order valence-electron chi connectivity index (χ1n) is 6.11. The SMILES string of the molecule is Cc1cccc(C(=O)NCCc2ccccn2)c1Br. The van der Waals surface area contributed by atoms with Crippen LogP contribution in [-0.2, 0) is 6.42 Å². The molecule has 19 heavy (non-hydrogen) atoms. The first-order chi connectivity index (χ1) is 9.18. The number of aryl methyl sites for hydroxylation is 1. The van der Waals surface area contributed by atoms with Gasteiger partial charge in [-0.2, -0.15) is 0 Å². The molecular weight excluding hydrogens is 304 g/mol. The summed E-state index contributed by atoms with van der Waals surface area (Å²) in [6.07, 6.45) is 2.49. The third-order valence-electron chi connectivity index (χ3n) is 2.83. The maximum atomic E-state index is 12.0. The Bertz CT molecular complexity index is 570. The summed E-state index contributed by atoms with van der Waals surface area (Å²) in [5.41, 5.74) is 2.70. The van der Waals surface area contributed by atoms with Crippen molar-refractivity contribution in [3.63, 3.8) is 0 Å². The fourth-order valence-electron chi connectivity index (χ4n) is 1.77. The normalized spacial score (nSPS) is 10.2. The van der Waals surface area contributed by atoms with E-state index in [1.165, 1.54) is 0 Å². The number of halogens is 1. The van der Waals surface area contributed by atoms with Crippen LogP contribution in [0.25, 0.3) is 0 Å². The molecule has 0 unspecified atom stereocenters. The average molecular weight is 319 g/mol. The summed E-state index contributed by atoms with van der Waals surface area (Å²) in [5, 5.41) is 2.91. The molecule has 0 spiro atoms. The molecule has 4 heteroatoms. The van der Waals surface area contributed by atoms with Gasteiger partial charge in [-0.05, 0) is 46.6 Å². The van der Waals surface area contributed by atoms with Gasteiger partial charge in [-0.15, -0.1) is 0 Å². The van der Waals surface area contributed by atoms with Gasteiger partial charge < -0.3 is 5.32 Å². The van der Waals surface area contributed by atoms with E-state index >= 15 is 0 Å². The Morgan fingerprint density at radius 3 is 2.84 bits per heavy atom. The fraction of sp³-hybridized carbons (Fsp3) is 0.200. The zero-order valence-corrected chi connectivity index (χ0v) is 12.3. The van der Waals surface area contributed by atoms with Gasteiger partial charge in [0, 0.05) is 29.3 Å². The van der Waals surface area contributed by atoms with E-state index in [0.717, 1.165) is 22.2 Å². The quantitative estimate of drug-likeness (QED) is 0.941. The Hall–Kier alpha value is -1.68. The molecule has 1 N–H and O–H groups in total. The number of rotatable bonds is 4. The van der Waals surface area contributed by atoms with Gasteiger partial charge in [0.1, 0.15) is 0 Å². The summed E-state index contributed by atoms with van der Waals surface area (Å²) < 4.78 is 0.852. The number of hydrogen-bond donors (Lipinski definition) is 1. The van der Waals surface area contributed by atoms with E-state index in [9.17, 15) is 4.79 Å². The Kier molecular flexibility index (Phi) is 4.68. The van der Waals surface area contributed by atoms with Crippen molar-refractivity contribution in [3.8, 4) is 0 Å². The molecule has 1 heterocycles. The molecule has 0 saturated heterocycles. The van der Waals surface area contributed by atoms with E-state index in [-0.39, 0.29) is 5.91 Å². The topological polar surface area (TPSA) is 42.0 Å². The van der Waals surface area contributed by atoms with Gasteiger partial charge >= 0.3 is 0 Å². The van der Waals surface area contributed by atoms with Crippen LogP contribution in [0.1, 0.15) is 21.6 Å². The summed E-state index contributed by atoms with van der Waals surface area (Å²) in [6, 6.07) is 11.4. The standard InChI is InChI=1S/C15H15BrN2O/c1-11-5-4-7-13(14(11)16)15(19)18-10-8-12-6-2-3-9-17-12/h2-7,9H,8,10H2,1H3,(H,18,19). The zero-order chi connectivity index (χ0) is 13.7. The van der Waals surface area contributed by atoms with Crippen LogP contribution in [0.5, 0.6) is 0 Å². The minimum absolute atomic E-state index is 0.0634. The van der Waals surface area contributed by atoms with Crippen molar-refractivity contribution < 1.29 is 4.79 Å². The molecule has 98 valence electrons. The highest BCUT2D eigenvalue weighted by Gasteiger charge is 2.10. The Labute approximate surface area is 121 Å². The van der Waals surface area contributed by atoms with E-state index in [2.05, 4.69) is 26.2 Å². The lowest BCUT2D eigenvalue weighted by molar-refractivity contribution is 0.0953. The molecule has 1 aromatic carbocycles. The van der Waals surface area contributed by atoms with Crippen LogP contribution >= 0.6 is 15.9 Å². The lowest BCUT2D eigenvalue weighted by Crippen LogP contribution is -2.26. The third kappa shape index (κ3) is 3.64.